The smallest absolute Gasteiger partial charge is 0.169 e. The first kappa shape index (κ1) is 9.86. The van der Waals surface area contributed by atoms with Gasteiger partial charge in [-0.15, -0.1) is 0 Å². The molecule has 2 aliphatic carbocycles. The molecule has 3 rings (SSSR count). The molecule has 84 valence electrons. The molecule has 0 amide bonds. The monoisotopic (exact) mass is 208 g/mol. The summed E-state index contributed by atoms with van der Waals surface area (Å²) < 4.78 is 11.7. The van der Waals surface area contributed by atoms with Crippen molar-refractivity contribution in [2.24, 2.45) is 11.8 Å². The molecular formula is C13H20O2. The lowest BCUT2D eigenvalue weighted by molar-refractivity contribution is -0.195. The molecule has 0 aromatic heterocycles. The second-order valence-corrected chi connectivity index (χ2v) is 5.26. The second kappa shape index (κ2) is 3.60. The number of hydrogen-bond acceptors (Lipinski definition) is 2. The lowest BCUT2D eigenvalue weighted by Crippen LogP contribution is -2.41. The van der Waals surface area contributed by atoms with Crippen LogP contribution >= 0.6 is 0 Å². The van der Waals surface area contributed by atoms with Crippen LogP contribution in [0.2, 0.25) is 0 Å². The van der Waals surface area contributed by atoms with E-state index >= 15 is 0 Å². The summed E-state index contributed by atoms with van der Waals surface area (Å²) in [6, 6.07) is 0. The maximum absolute atomic E-state index is 5.84. The van der Waals surface area contributed by atoms with Crippen LogP contribution in [-0.4, -0.2) is 19.0 Å². The molecule has 0 radical (unpaired) electrons. The molecule has 2 nitrogen and oxygen atoms in total. The Bertz CT molecular complexity index is 276. The molecule has 3 aliphatic rings. The van der Waals surface area contributed by atoms with Gasteiger partial charge in [0.2, 0.25) is 0 Å². The Labute approximate surface area is 91.6 Å². The summed E-state index contributed by atoms with van der Waals surface area (Å²) in [5, 5.41) is 0. The Morgan fingerprint density at radius 2 is 2.13 bits per heavy atom. The largest absolute Gasteiger partial charge is 0.348 e. The zero-order chi connectivity index (χ0) is 10.3. The Balaban J connectivity index is 1.79. The van der Waals surface area contributed by atoms with E-state index in [9.17, 15) is 0 Å². The molecule has 2 fully saturated rings. The average molecular weight is 208 g/mol. The standard InChI is InChI=1S/C13H20O2/c1-2-10-5-11-7-12(6-10)9-13(8-11)14-3-4-15-13/h5,11-12H,2-4,6-9H2,1H3. The first-order valence-corrected chi connectivity index (χ1v) is 6.27. The quantitative estimate of drug-likeness (QED) is 0.617. The predicted molar refractivity (Wildman–Crippen MR) is 58.5 cm³/mol. The normalized spacial score (nSPS) is 38.1. The van der Waals surface area contributed by atoms with E-state index in [4.69, 9.17) is 9.47 Å². The van der Waals surface area contributed by atoms with Crippen LogP contribution in [0.25, 0.3) is 0 Å². The van der Waals surface area contributed by atoms with Crippen molar-refractivity contribution in [2.45, 2.75) is 44.8 Å². The van der Waals surface area contributed by atoms with Crippen LogP contribution in [0.5, 0.6) is 0 Å². The topological polar surface area (TPSA) is 18.5 Å². The maximum Gasteiger partial charge on any atom is 0.169 e. The van der Waals surface area contributed by atoms with Crippen molar-refractivity contribution in [2.75, 3.05) is 13.2 Å². The first-order valence-electron chi connectivity index (χ1n) is 6.27. The fourth-order valence-corrected chi connectivity index (χ4v) is 3.57. The van der Waals surface area contributed by atoms with Crippen LogP contribution in [0, 0.1) is 11.8 Å². The van der Waals surface area contributed by atoms with Crippen LogP contribution in [0.4, 0.5) is 0 Å². The summed E-state index contributed by atoms with van der Waals surface area (Å²) in [5.41, 5.74) is 1.66. The van der Waals surface area contributed by atoms with Crippen LogP contribution in [0.3, 0.4) is 0 Å². The molecule has 1 aliphatic heterocycles. The van der Waals surface area contributed by atoms with Crippen molar-refractivity contribution >= 4 is 0 Å². The van der Waals surface area contributed by atoms with E-state index in [1.165, 1.54) is 19.3 Å². The minimum Gasteiger partial charge on any atom is -0.348 e. The number of ether oxygens (including phenoxy) is 2. The van der Waals surface area contributed by atoms with Crippen LogP contribution < -0.4 is 0 Å². The number of hydrogen-bond donors (Lipinski definition) is 0. The van der Waals surface area contributed by atoms with Crippen molar-refractivity contribution in [3.05, 3.63) is 11.6 Å². The molecule has 2 atom stereocenters. The van der Waals surface area contributed by atoms with Gasteiger partial charge in [0.05, 0.1) is 13.2 Å². The molecule has 0 N–H and O–H groups in total. The molecule has 2 bridgehead atoms. The Morgan fingerprint density at radius 3 is 2.80 bits per heavy atom. The highest BCUT2D eigenvalue weighted by Gasteiger charge is 2.45. The van der Waals surface area contributed by atoms with Gasteiger partial charge < -0.3 is 9.47 Å². The van der Waals surface area contributed by atoms with Crippen LogP contribution in [-0.2, 0) is 9.47 Å². The maximum atomic E-state index is 5.84. The first-order chi connectivity index (χ1) is 7.30. The van der Waals surface area contributed by atoms with Crippen LogP contribution in [0.15, 0.2) is 11.6 Å². The highest BCUT2D eigenvalue weighted by Crippen LogP contribution is 2.47. The lowest BCUT2D eigenvalue weighted by atomic mass is 9.70. The molecule has 15 heavy (non-hydrogen) atoms. The zero-order valence-electron chi connectivity index (χ0n) is 9.50. The summed E-state index contributed by atoms with van der Waals surface area (Å²) >= 11 is 0. The molecule has 2 heteroatoms. The molecule has 0 aromatic rings. The van der Waals surface area contributed by atoms with Crippen molar-refractivity contribution in [3.8, 4) is 0 Å². The van der Waals surface area contributed by atoms with Gasteiger partial charge in [0.25, 0.3) is 0 Å². The third-order valence-electron chi connectivity index (χ3n) is 4.10. The minimum atomic E-state index is -0.191. The molecular weight excluding hydrogens is 188 g/mol. The fourth-order valence-electron chi connectivity index (χ4n) is 3.57. The third kappa shape index (κ3) is 1.74. The summed E-state index contributed by atoms with van der Waals surface area (Å²) in [7, 11) is 0. The van der Waals surface area contributed by atoms with Crippen molar-refractivity contribution in [1.29, 1.82) is 0 Å². The Morgan fingerprint density at radius 1 is 1.33 bits per heavy atom. The van der Waals surface area contributed by atoms with E-state index in [1.54, 1.807) is 5.57 Å². The molecule has 1 saturated carbocycles. The van der Waals surface area contributed by atoms with E-state index in [1.807, 2.05) is 0 Å². The molecule has 0 aromatic carbocycles. The summed E-state index contributed by atoms with van der Waals surface area (Å²) in [6.07, 6.45) is 8.57. The van der Waals surface area contributed by atoms with E-state index < -0.39 is 0 Å². The summed E-state index contributed by atoms with van der Waals surface area (Å²) in [6.45, 7) is 3.86. The van der Waals surface area contributed by atoms with Gasteiger partial charge in [-0.05, 0) is 31.1 Å². The van der Waals surface area contributed by atoms with Gasteiger partial charge >= 0.3 is 0 Å². The number of rotatable bonds is 1. The summed E-state index contributed by atoms with van der Waals surface area (Å²) in [4.78, 5) is 0. The van der Waals surface area contributed by atoms with Crippen molar-refractivity contribution < 1.29 is 9.47 Å². The van der Waals surface area contributed by atoms with Crippen molar-refractivity contribution in [3.63, 3.8) is 0 Å². The predicted octanol–water partition coefficient (Wildman–Crippen LogP) is 2.89. The molecule has 1 spiro atoms. The van der Waals surface area contributed by atoms with Crippen LogP contribution in [0.1, 0.15) is 39.0 Å². The van der Waals surface area contributed by atoms with E-state index in [0.717, 1.165) is 32.0 Å². The number of allylic oxidation sites excluding steroid dienone is 2. The van der Waals surface area contributed by atoms with Gasteiger partial charge in [-0.3, -0.25) is 0 Å². The van der Waals surface area contributed by atoms with Gasteiger partial charge in [0.15, 0.2) is 5.79 Å². The highest BCUT2D eigenvalue weighted by atomic mass is 16.7. The van der Waals surface area contributed by atoms with E-state index in [0.29, 0.717) is 5.92 Å². The molecule has 1 heterocycles. The van der Waals surface area contributed by atoms with Gasteiger partial charge in [0, 0.05) is 12.8 Å². The summed E-state index contributed by atoms with van der Waals surface area (Å²) in [5.74, 6) is 1.33. The zero-order valence-corrected chi connectivity index (χ0v) is 9.50. The van der Waals surface area contributed by atoms with Gasteiger partial charge in [-0.1, -0.05) is 18.6 Å². The SMILES string of the molecule is CCC1=CC2CC(C1)CC1(C2)OCCO1. The molecule has 2 unspecified atom stereocenters. The Kier molecular flexibility index (Phi) is 2.37. The van der Waals surface area contributed by atoms with E-state index in [2.05, 4.69) is 13.0 Å². The minimum absolute atomic E-state index is 0.191. The van der Waals surface area contributed by atoms with Gasteiger partial charge in [-0.25, -0.2) is 0 Å². The Hall–Kier alpha value is -0.340. The van der Waals surface area contributed by atoms with Crippen molar-refractivity contribution in [1.82, 2.24) is 0 Å². The van der Waals surface area contributed by atoms with Gasteiger partial charge in [-0.2, -0.15) is 0 Å². The second-order valence-electron chi connectivity index (χ2n) is 5.26. The average Bonchev–Trinajstić information content (AvgIpc) is 2.64. The highest BCUT2D eigenvalue weighted by molar-refractivity contribution is 5.13. The fraction of sp³-hybridized carbons (Fsp3) is 0.846. The third-order valence-corrected chi connectivity index (χ3v) is 4.10. The van der Waals surface area contributed by atoms with Gasteiger partial charge in [0.1, 0.15) is 0 Å². The van der Waals surface area contributed by atoms with E-state index in [-0.39, 0.29) is 5.79 Å². The number of fused-ring (bicyclic) bond motifs is 2. The lowest BCUT2D eigenvalue weighted by Gasteiger charge is -2.42. The molecule has 1 saturated heterocycles.